The van der Waals surface area contributed by atoms with E-state index < -0.39 is 0 Å². The Kier molecular flexibility index (Phi) is 4.63. The molecule has 1 aromatic rings. The summed E-state index contributed by atoms with van der Waals surface area (Å²) in [5.74, 6) is 1.36. The van der Waals surface area contributed by atoms with Gasteiger partial charge in [0.25, 0.3) is 0 Å². The molecule has 1 aliphatic rings. The lowest BCUT2D eigenvalue weighted by atomic mass is 10.1. The summed E-state index contributed by atoms with van der Waals surface area (Å²) >= 11 is 0. The van der Waals surface area contributed by atoms with Crippen molar-refractivity contribution >= 4 is 5.91 Å². The van der Waals surface area contributed by atoms with Crippen molar-refractivity contribution in [2.75, 3.05) is 26.4 Å². The van der Waals surface area contributed by atoms with Crippen molar-refractivity contribution in [1.82, 2.24) is 5.32 Å². The Bertz CT molecular complexity index is 447. The van der Waals surface area contributed by atoms with Crippen LogP contribution in [0.3, 0.4) is 0 Å². The predicted molar refractivity (Wildman–Crippen MR) is 70.5 cm³/mol. The van der Waals surface area contributed by atoms with E-state index in [-0.39, 0.29) is 18.6 Å². The summed E-state index contributed by atoms with van der Waals surface area (Å²) < 4.78 is 16.0. The van der Waals surface area contributed by atoms with Crippen LogP contribution in [0.4, 0.5) is 0 Å². The molecule has 0 aromatic heterocycles. The van der Waals surface area contributed by atoms with Crippen LogP contribution in [-0.2, 0) is 9.53 Å². The molecule has 0 fully saturated rings. The molecule has 1 atom stereocenters. The van der Waals surface area contributed by atoms with Crippen molar-refractivity contribution in [2.45, 2.75) is 19.9 Å². The topological polar surface area (TPSA) is 56.8 Å². The first kappa shape index (κ1) is 13.7. The first-order valence-corrected chi connectivity index (χ1v) is 6.47. The highest BCUT2D eigenvalue weighted by molar-refractivity contribution is 5.77. The fraction of sp³-hybridized carbons (Fsp3) is 0.500. The molecule has 1 heterocycles. The van der Waals surface area contributed by atoms with Crippen LogP contribution < -0.4 is 14.8 Å². The van der Waals surface area contributed by atoms with Crippen LogP contribution in [0.25, 0.3) is 0 Å². The normalized spacial score (nSPS) is 14.8. The second kappa shape index (κ2) is 6.43. The molecule has 19 heavy (non-hydrogen) atoms. The van der Waals surface area contributed by atoms with Gasteiger partial charge in [-0.1, -0.05) is 6.07 Å². The molecular weight excluding hydrogens is 246 g/mol. The molecule has 0 spiro atoms. The number of benzene rings is 1. The zero-order valence-corrected chi connectivity index (χ0v) is 11.3. The molecule has 2 rings (SSSR count). The van der Waals surface area contributed by atoms with E-state index in [0.717, 1.165) is 17.1 Å². The zero-order valence-electron chi connectivity index (χ0n) is 11.3. The summed E-state index contributed by atoms with van der Waals surface area (Å²) in [6, 6.07) is 5.61. The molecule has 0 aliphatic carbocycles. The van der Waals surface area contributed by atoms with Crippen LogP contribution in [0.15, 0.2) is 18.2 Å². The van der Waals surface area contributed by atoms with Crippen LogP contribution in [0.1, 0.15) is 25.5 Å². The molecule has 0 bridgehead atoms. The number of nitrogens with one attached hydrogen (secondary N) is 1. The third kappa shape index (κ3) is 3.61. The van der Waals surface area contributed by atoms with Crippen molar-refractivity contribution in [2.24, 2.45) is 0 Å². The quantitative estimate of drug-likeness (QED) is 0.880. The second-order valence-corrected chi connectivity index (χ2v) is 4.33. The highest BCUT2D eigenvalue weighted by atomic mass is 16.6. The number of carbonyl (C=O) groups is 1. The Hall–Kier alpha value is -1.75. The third-order valence-corrected chi connectivity index (χ3v) is 2.88. The van der Waals surface area contributed by atoms with Gasteiger partial charge in [0.05, 0.1) is 6.04 Å². The molecule has 5 nitrogen and oxygen atoms in total. The maximum absolute atomic E-state index is 11.6. The Balaban J connectivity index is 1.99. The number of amides is 1. The van der Waals surface area contributed by atoms with E-state index in [0.29, 0.717) is 19.8 Å². The minimum atomic E-state index is -0.121. The van der Waals surface area contributed by atoms with Crippen molar-refractivity contribution in [3.63, 3.8) is 0 Å². The van der Waals surface area contributed by atoms with Crippen molar-refractivity contribution in [3.8, 4) is 11.5 Å². The zero-order chi connectivity index (χ0) is 13.7. The molecule has 0 saturated heterocycles. The standard InChI is InChI=1S/C14H19NO4/c1-3-17-9-14(16)15-10(2)11-4-5-12-13(8-11)19-7-6-18-12/h4-5,8,10H,3,6-7,9H2,1-2H3,(H,15,16)/t10-/m1/s1. The third-order valence-electron chi connectivity index (χ3n) is 2.88. The lowest BCUT2D eigenvalue weighted by Gasteiger charge is -2.21. The van der Waals surface area contributed by atoms with E-state index in [1.807, 2.05) is 32.0 Å². The van der Waals surface area contributed by atoms with E-state index in [1.165, 1.54) is 0 Å². The van der Waals surface area contributed by atoms with E-state index in [4.69, 9.17) is 14.2 Å². The number of rotatable bonds is 5. The van der Waals surface area contributed by atoms with Crippen molar-refractivity contribution in [1.29, 1.82) is 0 Å². The second-order valence-electron chi connectivity index (χ2n) is 4.33. The summed E-state index contributed by atoms with van der Waals surface area (Å²) in [5.41, 5.74) is 0.981. The molecule has 1 amide bonds. The fourth-order valence-corrected chi connectivity index (χ4v) is 1.89. The van der Waals surface area contributed by atoms with Gasteiger partial charge >= 0.3 is 0 Å². The minimum absolute atomic E-state index is 0.0887. The average molecular weight is 265 g/mol. The van der Waals surface area contributed by atoms with Crippen LogP contribution in [-0.4, -0.2) is 32.3 Å². The van der Waals surface area contributed by atoms with Gasteiger partial charge in [0, 0.05) is 6.61 Å². The number of fused-ring (bicyclic) bond motifs is 1. The monoisotopic (exact) mass is 265 g/mol. The molecule has 104 valence electrons. The maximum Gasteiger partial charge on any atom is 0.246 e. The van der Waals surface area contributed by atoms with Crippen molar-refractivity contribution < 1.29 is 19.0 Å². The van der Waals surface area contributed by atoms with Gasteiger partial charge in [0.15, 0.2) is 11.5 Å². The Morgan fingerprint density at radius 2 is 2.11 bits per heavy atom. The van der Waals surface area contributed by atoms with Gasteiger partial charge in [-0.05, 0) is 31.5 Å². The molecule has 1 aromatic carbocycles. The Morgan fingerprint density at radius 3 is 2.84 bits per heavy atom. The van der Waals surface area contributed by atoms with E-state index in [2.05, 4.69) is 5.32 Å². The Labute approximate surface area is 112 Å². The summed E-state index contributed by atoms with van der Waals surface area (Å²) in [4.78, 5) is 11.6. The number of ether oxygens (including phenoxy) is 3. The summed E-state index contributed by atoms with van der Waals surface area (Å²) in [7, 11) is 0. The largest absolute Gasteiger partial charge is 0.486 e. The van der Waals surface area contributed by atoms with Gasteiger partial charge in [-0.2, -0.15) is 0 Å². The van der Waals surface area contributed by atoms with Crippen molar-refractivity contribution in [3.05, 3.63) is 23.8 Å². The number of hydrogen-bond donors (Lipinski definition) is 1. The maximum atomic E-state index is 11.6. The summed E-state index contributed by atoms with van der Waals surface area (Å²) in [5, 5.41) is 2.88. The van der Waals surface area contributed by atoms with Gasteiger partial charge in [-0.25, -0.2) is 0 Å². The SMILES string of the molecule is CCOCC(=O)N[C@H](C)c1ccc2c(c1)OCCO2. The van der Waals surface area contributed by atoms with Gasteiger partial charge in [-0.15, -0.1) is 0 Å². The molecular formula is C14H19NO4. The summed E-state index contributed by atoms with van der Waals surface area (Å²) in [6.07, 6.45) is 0. The number of carbonyl (C=O) groups excluding carboxylic acids is 1. The first-order chi connectivity index (χ1) is 9.20. The first-order valence-electron chi connectivity index (χ1n) is 6.47. The number of hydrogen-bond acceptors (Lipinski definition) is 4. The molecule has 0 unspecified atom stereocenters. The lowest BCUT2D eigenvalue weighted by molar-refractivity contribution is -0.126. The highest BCUT2D eigenvalue weighted by Crippen LogP contribution is 2.32. The van der Waals surface area contributed by atoms with Gasteiger partial charge in [0.2, 0.25) is 5.91 Å². The average Bonchev–Trinajstić information content (AvgIpc) is 2.44. The molecule has 0 radical (unpaired) electrons. The Morgan fingerprint density at radius 1 is 1.37 bits per heavy atom. The van der Waals surface area contributed by atoms with E-state index in [9.17, 15) is 4.79 Å². The van der Waals surface area contributed by atoms with E-state index in [1.54, 1.807) is 0 Å². The van der Waals surface area contributed by atoms with Gasteiger partial charge < -0.3 is 19.5 Å². The predicted octanol–water partition coefficient (Wildman–Crippen LogP) is 1.67. The molecule has 1 N–H and O–H groups in total. The van der Waals surface area contributed by atoms with Crippen LogP contribution in [0.5, 0.6) is 11.5 Å². The van der Waals surface area contributed by atoms with E-state index >= 15 is 0 Å². The lowest BCUT2D eigenvalue weighted by Crippen LogP contribution is -2.30. The summed E-state index contributed by atoms with van der Waals surface area (Å²) in [6.45, 7) is 5.54. The van der Waals surface area contributed by atoms with Crippen LogP contribution in [0.2, 0.25) is 0 Å². The fourth-order valence-electron chi connectivity index (χ4n) is 1.89. The highest BCUT2D eigenvalue weighted by Gasteiger charge is 2.15. The molecule has 1 aliphatic heterocycles. The smallest absolute Gasteiger partial charge is 0.246 e. The molecule has 5 heteroatoms. The van der Waals surface area contributed by atoms with Gasteiger partial charge in [-0.3, -0.25) is 4.79 Å². The molecule has 0 saturated carbocycles. The van der Waals surface area contributed by atoms with Crippen LogP contribution in [0, 0.1) is 0 Å². The van der Waals surface area contributed by atoms with Gasteiger partial charge in [0.1, 0.15) is 19.8 Å². The van der Waals surface area contributed by atoms with Crippen LogP contribution >= 0.6 is 0 Å². The minimum Gasteiger partial charge on any atom is -0.486 e.